The zero-order valence-corrected chi connectivity index (χ0v) is 12.8. The predicted octanol–water partition coefficient (Wildman–Crippen LogP) is 3.28. The molecule has 0 aliphatic carbocycles. The smallest absolute Gasteiger partial charge is 0.144 e. The molecule has 0 aromatic heterocycles. The van der Waals surface area contributed by atoms with E-state index in [1.807, 2.05) is 19.9 Å². The van der Waals surface area contributed by atoms with E-state index in [0.29, 0.717) is 11.9 Å². The molecule has 0 fully saturated rings. The highest BCUT2D eigenvalue weighted by Gasteiger charge is 2.22. The molecule has 1 rings (SSSR count). The van der Waals surface area contributed by atoms with Gasteiger partial charge in [-0.1, -0.05) is 55.8 Å². The quantitative estimate of drug-likeness (QED) is 0.224. The van der Waals surface area contributed by atoms with Crippen LogP contribution in [0.25, 0.3) is 0 Å². The van der Waals surface area contributed by atoms with Gasteiger partial charge in [0.15, 0.2) is 0 Å². The number of hydrogen-bond acceptors (Lipinski definition) is 3. The number of benzene rings is 1. The molecule has 0 saturated carbocycles. The first-order valence-electron chi connectivity index (χ1n) is 7.23. The van der Waals surface area contributed by atoms with Crippen molar-refractivity contribution in [2.75, 3.05) is 6.54 Å². The fourth-order valence-electron chi connectivity index (χ4n) is 2.13. The molecule has 112 valence electrons. The summed E-state index contributed by atoms with van der Waals surface area (Å²) in [5.41, 5.74) is 6.75. The summed E-state index contributed by atoms with van der Waals surface area (Å²) in [7, 11) is 0. The Hall–Kier alpha value is -1.55. The van der Waals surface area contributed by atoms with E-state index in [2.05, 4.69) is 41.7 Å². The highest BCUT2D eigenvalue weighted by atomic mass is 16.4. The van der Waals surface area contributed by atoms with Gasteiger partial charge >= 0.3 is 0 Å². The Morgan fingerprint density at radius 3 is 2.55 bits per heavy atom. The number of nitrogens with two attached hydrogens (primary N) is 1. The molecule has 0 unspecified atom stereocenters. The molecule has 0 spiro atoms. The third kappa shape index (κ3) is 5.21. The third-order valence-electron chi connectivity index (χ3n) is 3.78. The minimum Gasteiger partial charge on any atom is -0.409 e. The average Bonchev–Trinajstić information content (AvgIpc) is 2.46. The molecular weight excluding hydrogens is 250 g/mol. The summed E-state index contributed by atoms with van der Waals surface area (Å²) in [6.45, 7) is 7.15. The van der Waals surface area contributed by atoms with Gasteiger partial charge in [0, 0.05) is 11.5 Å². The molecular formula is C16H27N3O. The predicted molar refractivity (Wildman–Crippen MR) is 83.9 cm³/mol. The van der Waals surface area contributed by atoms with Crippen molar-refractivity contribution < 1.29 is 5.21 Å². The van der Waals surface area contributed by atoms with Crippen LogP contribution >= 0.6 is 0 Å². The first-order valence-corrected chi connectivity index (χ1v) is 7.23. The first kappa shape index (κ1) is 16.5. The Morgan fingerprint density at radius 1 is 1.30 bits per heavy atom. The van der Waals surface area contributed by atoms with Crippen LogP contribution < -0.4 is 11.1 Å². The third-order valence-corrected chi connectivity index (χ3v) is 3.78. The van der Waals surface area contributed by atoms with E-state index in [-0.39, 0.29) is 5.41 Å². The summed E-state index contributed by atoms with van der Waals surface area (Å²) in [4.78, 5) is 0. The maximum Gasteiger partial charge on any atom is 0.144 e. The number of oxime groups is 1. The minimum atomic E-state index is -0.236. The SMILES string of the molecule is C[C@@H](NCCCCC(C)(C)/C(N)=N/O)c1ccccc1. The highest BCUT2D eigenvalue weighted by molar-refractivity contribution is 5.85. The molecule has 1 aromatic carbocycles. The van der Waals surface area contributed by atoms with Crippen molar-refractivity contribution in [1.82, 2.24) is 5.32 Å². The summed E-state index contributed by atoms with van der Waals surface area (Å²) in [6, 6.07) is 10.8. The fraction of sp³-hybridized carbons (Fsp3) is 0.562. The molecule has 0 aliphatic heterocycles. The van der Waals surface area contributed by atoms with E-state index < -0.39 is 0 Å². The largest absolute Gasteiger partial charge is 0.409 e. The van der Waals surface area contributed by atoms with Crippen LogP contribution in [0.2, 0.25) is 0 Å². The molecule has 0 radical (unpaired) electrons. The number of rotatable bonds is 8. The Kier molecular flexibility index (Phi) is 6.52. The molecule has 0 amide bonds. The summed E-state index contributed by atoms with van der Waals surface area (Å²) in [5, 5.41) is 15.3. The molecule has 0 heterocycles. The molecule has 4 heteroatoms. The summed E-state index contributed by atoms with van der Waals surface area (Å²) in [6.07, 6.45) is 3.06. The van der Waals surface area contributed by atoms with Gasteiger partial charge in [-0.2, -0.15) is 0 Å². The van der Waals surface area contributed by atoms with E-state index >= 15 is 0 Å². The number of nitrogens with one attached hydrogen (secondary N) is 1. The van der Waals surface area contributed by atoms with E-state index in [9.17, 15) is 0 Å². The van der Waals surface area contributed by atoms with Gasteiger partial charge in [-0.25, -0.2) is 0 Å². The monoisotopic (exact) mass is 277 g/mol. The van der Waals surface area contributed by atoms with Gasteiger partial charge in [-0.05, 0) is 31.9 Å². The average molecular weight is 277 g/mol. The van der Waals surface area contributed by atoms with Crippen molar-refractivity contribution >= 4 is 5.84 Å². The van der Waals surface area contributed by atoms with E-state index in [0.717, 1.165) is 25.8 Å². The van der Waals surface area contributed by atoms with Crippen LogP contribution in [0.5, 0.6) is 0 Å². The lowest BCUT2D eigenvalue weighted by Crippen LogP contribution is -2.32. The van der Waals surface area contributed by atoms with Gasteiger partial charge in [-0.15, -0.1) is 0 Å². The molecule has 20 heavy (non-hydrogen) atoms. The van der Waals surface area contributed by atoms with E-state index in [4.69, 9.17) is 10.9 Å². The maximum absolute atomic E-state index is 8.72. The van der Waals surface area contributed by atoms with Crippen LogP contribution in [0.3, 0.4) is 0 Å². The molecule has 0 saturated heterocycles. The van der Waals surface area contributed by atoms with Gasteiger partial charge in [-0.3, -0.25) is 0 Å². The Bertz CT molecular complexity index is 415. The van der Waals surface area contributed by atoms with E-state index in [1.54, 1.807) is 0 Å². The van der Waals surface area contributed by atoms with Crippen LogP contribution in [0, 0.1) is 5.41 Å². The fourth-order valence-corrected chi connectivity index (χ4v) is 2.13. The topological polar surface area (TPSA) is 70.6 Å². The molecule has 4 N–H and O–H groups in total. The van der Waals surface area contributed by atoms with Crippen LogP contribution in [0.15, 0.2) is 35.5 Å². The molecule has 1 aromatic rings. The second-order valence-corrected chi connectivity index (χ2v) is 5.91. The van der Waals surface area contributed by atoms with Gasteiger partial charge in [0.1, 0.15) is 5.84 Å². The zero-order valence-electron chi connectivity index (χ0n) is 12.8. The lowest BCUT2D eigenvalue weighted by molar-refractivity contribution is 0.304. The van der Waals surface area contributed by atoms with Crippen LogP contribution in [-0.2, 0) is 0 Å². The second-order valence-electron chi connectivity index (χ2n) is 5.91. The van der Waals surface area contributed by atoms with Gasteiger partial charge in [0.05, 0.1) is 0 Å². The van der Waals surface area contributed by atoms with Crippen LogP contribution in [0.4, 0.5) is 0 Å². The minimum absolute atomic E-state index is 0.236. The zero-order chi connectivity index (χ0) is 15.0. The lowest BCUT2D eigenvalue weighted by Gasteiger charge is -2.22. The first-order chi connectivity index (χ1) is 9.47. The van der Waals surface area contributed by atoms with Crippen molar-refractivity contribution in [1.29, 1.82) is 0 Å². The van der Waals surface area contributed by atoms with Crippen LogP contribution in [-0.4, -0.2) is 17.6 Å². The normalized spacial score (nSPS) is 14.2. The lowest BCUT2D eigenvalue weighted by atomic mass is 9.86. The summed E-state index contributed by atoms with van der Waals surface area (Å²) < 4.78 is 0. The van der Waals surface area contributed by atoms with Crippen molar-refractivity contribution in [2.24, 2.45) is 16.3 Å². The van der Waals surface area contributed by atoms with Gasteiger partial charge in [0.25, 0.3) is 0 Å². The second kappa shape index (κ2) is 7.90. The summed E-state index contributed by atoms with van der Waals surface area (Å²) >= 11 is 0. The maximum atomic E-state index is 8.72. The standard InChI is InChI=1S/C16H27N3O/c1-13(14-9-5-4-6-10-14)18-12-8-7-11-16(2,3)15(17)19-20/h4-6,9-10,13,18,20H,7-8,11-12H2,1-3H3,(H2,17,19)/t13-/m1/s1. The Balaban J connectivity index is 2.23. The van der Waals surface area contributed by atoms with Crippen molar-refractivity contribution in [3.8, 4) is 0 Å². The molecule has 0 bridgehead atoms. The molecule has 4 nitrogen and oxygen atoms in total. The van der Waals surface area contributed by atoms with Gasteiger partial charge in [0.2, 0.25) is 0 Å². The number of unbranched alkanes of at least 4 members (excludes halogenated alkanes) is 1. The number of hydrogen-bond donors (Lipinski definition) is 3. The Morgan fingerprint density at radius 2 is 1.95 bits per heavy atom. The van der Waals surface area contributed by atoms with Crippen molar-refractivity contribution in [3.63, 3.8) is 0 Å². The van der Waals surface area contributed by atoms with Crippen molar-refractivity contribution in [2.45, 2.75) is 46.1 Å². The van der Waals surface area contributed by atoms with E-state index in [1.165, 1.54) is 5.56 Å². The molecule has 1 atom stereocenters. The highest BCUT2D eigenvalue weighted by Crippen LogP contribution is 2.23. The Labute approximate surface area is 122 Å². The van der Waals surface area contributed by atoms with Crippen LogP contribution in [0.1, 0.15) is 51.6 Å². The van der Waals surface area contributed by atoms with Crippen molar-refractivity contribution in [3.05, 3.63) is 35.9 Å². The number of nitrogens with zero attached hydrogens (tertiary/aromatic N) is 1. The summed E-state index contributed by atoms with van der Waals surface area (Å²) in [5.74, 6) is 0.308. The number of amidine groups is 1. The molecule has 0 aliphatic rings. The van der Waals surface area contributed by atoms with Gasteiger partial charge < -0.3 is 16.3 Å².